The third kappa shape index (κ3) is 4.40. The van der Waals surface area contributed by atoms with Gasteiger partial charge in [-0.3, -0.25) is 4.90 Å². The number of rotatable bonds is 6. The average Bonchev–Trinajstić information content (AvgIpc) is 2.09. The SMILES string of the molecule is CCN(CCCO)C(CN)C(C)(C)C. The predicted octanol–water partition coefficient (Wildman–Crippen LogP) is 1.06. The summed E-state index contributed by atoms with van der Waals surface area (Å²) >= 11 is 0. The van der Waals surface area contributed by atoms with Gasteiger partial charge in [0, 0.05) is 25.7 Å². The molecule has 0 aromatic rings. The summed E-state index contributed by atoms with van der Waals surface area (Å²) in [6, 6.07) is 0.402. The quantitative estimate of drug-likeness (QED) is 0.677. The molecular weight excluding hydrogens is 176 g/mol. The lowest BCUT2D eigenvalue weighted by atomic mass is 9.85. The van der Waals surface area contributed by atoms with Gasteiger partial charge in [-0.1, -0.05) is 27.7 Å². The standard InChI is InChI=1S/C11H26N2O/c1-5-13(7-6-8-14)10(9-12)11(2,3)4/h10,14H,5-9,12H2,1-4H3. The number of nitrogens with zero attached hydrogens (tertiary/aromatic N) is 1. The lowest BCUT2D eigenvalue weighted by molar-refractivity contribution is 0.102. The van der Waals surface area contributed by atoms with Crippen LogP contribution in [0.15, 0.2) is 0 Å². The van der Waals surface area contributed by atoms with Crippen molar-refractivity contribution in [3.63, 3.8) is 0 Å². The van der Waals surface area contributed by atoms with Crippen molar-refractivity contribution in [3.8, 4) is 0 Å². The molecule has 0 spiro atoms. The van der Waals surface area contributed by atoms with E-state index in [1.807, 2.05) is 0 Å². The lowest BCUT2D eigenvalue weighted by Gasteiger charge is -2.39. The number of hydrogen-bond acceptors (Lipinski definition) is 3. The Bertz CT molecular complexity index is 143. The molecule has 3 N–H and O–H groups in total. The van der Waals surface area contributed by atoms with E-state index in [1.165, 1.54) is 0 Å². The lowest BCUT2D eigenvalue weighted by Crippen LogP contribution is -2.49. The molecule has 3 heteroatoms. The maximum Gasteiger partial charge on any atom is 0.0443 e. The summed E-state index contributed by atoms with van der Waals surface area (Å²) in [5.41, 5.74) is 6.01. The van der Waals surface area contributed by atoms with Crippen molar-refractivity contribution in [2.45, 2.75) is 40.2 Å². The molecule has 0 aromatic heterocycles. The van der Waals surface area contributed by atoms with Gasteiger partial charge in [0.05, 0.1) is 0 Å². The maximum absolute atomic E-state index is 8.81. The summed E-state index contributed by atoms with van der Waals surface area (Å²) in [5, 5.41) is 8.81. The molecule has 0 aliphatic rings. The average molecular weight is 202 g/mol. The molecule has 1 atom stereocenters. The molecule has 86 valence electrons. The van der Waals surface area contributed by atoms with Crippen LogP contribution >= 0.6 is 0 Å². The summed E-state index contributed by atoms with van der Waals surface area (Å²) < 4.78 is 0. The molecular formula is C11H26N2O. The van der Waals surface area contributed by atoms with Crippen molar-refractivity contribution < 1.29 is 5.11 Å². The van der Waals surface area contributed by atoms with Gasteiger partial charge in [-0.05, 0) is 18.4 Å². The third-order valence-electron chi connectivity index (χ3n) is 2.67. The van der Waals surface area contributed by atoms with Crippen LogP contribution in [0.5, 0.6) is 0 Å². The molecule has 0 amide bonds. The molecule has 0 fully saturated rings. The van der Waals surface area contributed by atoms with Crippen LogP contribution in [0.25, 0.3) is 0 Å². The molecule has 14 heavy (non-hydrogen) atoms. The summed E-state index contributed by atoms with van der Waals surface area (Å²) in [7, 11) is 0. The van der Waals surface area contributed by atoms with E-state index in [1.54, 1.807) is 0 Å². The molecule has 0 saturated heterocycles. The molecule has 0 rings (SSSR count). The second-order valence-corrected chi connectivity index (χ2v) is 4.82. The molecule has 0 heterocycles. The summed E-state index contributed by atoms with van der Waals surface area (Å²) in [6.45, 7) is 11.7. The summed E-state index contributed by atoms with van der Waals surface area (Å²) in [5.74, 6) is 0. The Hall–Kier alpha value is -0.120. The maximum atomic E-state index is 8.81. The number of aliphatic hydroxyl groups is 1. The first-order valence-corrected chi connectivity index (χ1v) is 5.52. The van der Waals surface area contributed by atoms with Crippen molar-refractivity contribution in [2.24, 2.45) is 11.1 Å². The molecule has 0 radical (unpaired) electrons. The Morgan fingerprint density at radius 2 is 1.93 bits per heavy atom. The van der Waals surface area contributed by atoms with Gasteiger partial charge in [0.25, 0.3) is 0 Å². The Labute approximate surface area is 88.3 Å². The summed E-state index contributed by atoms with van der Waals surface area (Å²) in [4.78, 5) is 2.36. The van der Waals surface area contributed by atoms with E-state index in [-0.39, 0.29) is 12.0 Å². The second kappa shape index (κ2) is 6.38. The third-order valence-corrected chi connectivity index (χ3v) is 2.67. The van der Waals surface area contributed by atoms with Gasteiger partial charge in [-0.2, -0.15) is 0 Å². The van der Waals surface area contributed by atoms with Gasteiger partial charge >= 0.3 is 0 Å². The van der Waals surface area contributed by atoms with Gasteiger partial charge < -0.3 is 10.8 Å². The van der Waals surface area contributed by atoms with Crippen molar-refractivity contribution >= 4 is 0 Å². The van der Waals surface area contributed by atoms with Crippen LogP contribution in [-0.2, 0) is 0 Å². The molecule has 3 nitrogen and oxygen atoms in total. The van der Waals surface area contributed by atoms with Gasteiger partial charge in [0.2, 0.25) is 0 Å². The molecule has 0 saturated carbocycles. The number of aliphatic hydroxyl groups excluding tert-OH is 1. The van der Waals surface area contributed by atoms with Crippen molar-refractivity contribution in [3.05, 3.63) is 0 Å². The Kier molecular flexibility index (Phi) is 6.33. The minimum Gasteiger partial charge on any atom is -0.396 e. The second-order valence-electron chi connectivity index (χ2n) is 4.82. The fourth-order valence-corrected chi connectivity index (χ4v) is 1.86. The molecule has 0 aromatic carbocycles. The van der Waals surface area contributed by atoms with Crippen LogP contribution < -0.4 is 5.73 Å². The van der Waals surface area contributed by atoms with Gasteiger partial charge in [0.1, 0.15) is 0 Å². The zero-order chi connectivity index (χ0) is 11.2. The Morgan fingerprint density at radius 3 is 2.21 bits per heavy atom. The topological polar surface area (TPSA) is 49.5 Å². The van der Waals surface area contributed by atoms with Gasteiger partial charge in [0.15, 0.2) is 0 Å². The fourth-order valence-electron chi connectivity index (χ4n) is 1.86. The fraction of sp³-hybridized carbons (Fsp3) is 1.00. The van der Waals surface area contributed by atoms with Crippen LogP contribution in [0.1, 0.15) is 34.1 Å². The smallest absolute Gasteiger partial charge is 0.0443 e. The van der Waals surface area contributed by atoms with E-state index in [9.17, 15) is 0 Å². The monoisotopic (exact) mass is 202 g/mol. The van der Waals surface area contributed by atoms with E-state index < -0.39 is 0 Å². The predicted molar refractivity (Wildman–Crippen MR) is 61.2 cm³/mol. The number of hydrogen-bond donors (Lipinski definition) is 2. The highest BCUT2D eigenvalue weighted by Crippen LogP contribution is 2.23. The molecule has 0 aliphatic carbocycles. The number of likely N-dealkylation sites (N-methyl/N-ethyl adjacent to an activating group) is 1. The zero-order valence-corrected chi connectivity index (χ0v) is 10.1. The van der Waals surface area contributed by atoms with Gasteiger partial charge in [-0.15, -0.1) is 0 Å². The zero-order valence-electron chi connectivity index (χ0n) is 10.1. The highest BCUT2D eigenvalue weighted by atomic mass is 16.3. The first-order valence-electron chi connectivity index (χ1n) is 5.52. The highest BCUT2D eigenvalue weighted by Gasteiger charge is 2.27. The first kappa shape index (κ1) is 13.9. The first-order chi connectivity index (χ1) is 6.47. The van der Waals surface area contributed by atoms with Crippen LogP contribution in [0.4, 0.5) is 0 Å². The van der Waals surface area contributed by atoms with Gasteiger partial charge in [-0.25, -0.2) is 0 Å². The van der Waals surface area contributed by atoms with Crippen LogP contribution in [-0.4, -0.2) is 42.3 Å². The van der Waals surface area contributed by atoms with E-state index in [0.717, 1.165) is 19.5 Å². The minimum atomic E-state index is 0.209. The van der Waals surface area contributed by atoms with Crippen LogP contribution in [0.3, 0.4) is 0 Å². The van der Waals surface area contributed by atoms with Crippen LogP contribution in [0, 0.1) is 5.41 Å². The Morgan fingerprint density at radius 1 is 1.36 bits per heavy atom. The van der Waals surface area contributed by atoms with E-state index in [4.69, 9.17) is 10.8 Å². The minimum absolute atomic E-state index is 0.209. The van der Waals surface area contributed by atoms with Crippen molar-refractivity contribution in [2.75, 3.05) is 26.2 Å². The van der Waals surface area contributed by atoms with E-state index >= 15 is 0 Å². The molecule has 0 bridgehead atoms. The normalized spacial score (nSPS) is 14.8. The summed E-state index contributed by atoms with van der Waals surface area (Å²) in [6.07, 6.45) is 0.834. The van der Waals surface area contributed by atoms with Crippen LogP contribution in [0.2, 0.25) is 0 Å². The van der Waals surface area contributed by atoms with Crippen molar-refractivity contribution in [1.82, 2.24) is 4.90 Å². The number of nitrogens with two attached hydrogens (primary N) is 1. The van der Waals surface area contributed by atoms with Crippen molar-refractivity contribution in [1.29, 1.82) is 0 Å². The molecule has 0 aliphatic heterocycles. The Balaban J connectivity index is 4.29. The van der Waals surface area contributed by atoms with E-state index in [2.05, 4.69) is 32.6 Å². The van der Waals surface area contributed by atoms with E-state index in [0.29, 0.717) is 12.6 Å². The largest absolute Gasteiger partial charge is 0.396 e. The highest BCUT2D eigenvalue weighted by molar-refractivity contribution is 4.83. The molecule has 1 unspecified atom stereocenters.